The van der Waals surface area contributed by atoms with E-state index < -0.39 is 0 Å². The first-order chi connectivity index (χ1) is 18.0. The maximum Gasteiger partial charge on any atom is 0.226 e. The number of hydrogen-bond donors (Lipinski definition) is 0. The molecule has 2 atom stereocenters. The molecule has 2 aromatic carbocycles. The van der Waals surface area contributed by atoms with Crippen LogP contribution in [0.5, 0.6) is 11.5 Å². The van der Waals surface area contributed by atoms with E-state index in [1.807, 2.05) is 50.4 Å². The molecule has 1 aliphatic heterocycles. The van der Waals surface area contributed by atoms with E-state index in [2.05, 4.69) is 51.0 Å². The molecular formula is C30H34N4O3. The molecule has 1 saturated heterocycles. The monoisotopic (exact) mass is 498 g/mol. The van der Waals surface area contributed by atoms with E-state index in [9.17, 15) is 0 Å². The summed E-state index contributed by atoms with van der Waals surface area (Å²) >= 11 is 0. The topological polar surface area (TPSA) is 73.5 Å². The number of aromatic nitrogens is 3. The molecule has 5 rings (SSSR count). The molecule has 1 fully saturated rings. The minimum atomic E-state index is 0.542. The average Bonchev–Trinajstić information content (AvgIpc) is 3.47. The van der Waals surface area contributed by atoms with Crippen LogP contribution in [0.4, 0.5) is 5.95 Å². The van der Waals surface area contributed by atoms with Crippen molar-refractivity contribution in [3.05, 3.63) is 83.5 Å². The van der Waals surface area contributed by atoms with Gasteiger partial charge in [-0.15, -0.1) is 0 Å². The molecule has 0 amide bonds. The van der Waals surface area contributed by atoms with E-state index in [0.29, 0.717) is 30.8 Å². The number of ether oxygens (including phenoxy) is 2. The summed E-state index contributed by atoms with van der Waals surface area (Å²) in [6.07, 6.45) is 3.57. The first-order valence-corrected chi connectivity index (χ1v) is 12.9. The zero-order chi connectivity index (χ0) is 25.8. The number of aryl methyl sites for hydroxylation is 2. The minimum absolute atomic E-state index is 0.542. The van der Waals surface area contributed by atoms with Crippen LogP contribution in [0.15, 0.2) is 65.2 Å². The van der Waals surface area contributed by atoms with Crippen molar-refractivity contribution in [1.82, 2.24) is 15.0 Å². The van der Waals surface area contributed by atoms with Gasteiger partial charge in [-0.1, -0.05) is 19.1 Å². The van der Waals surface area contributed by atoms with Crippen molar-refractivity contribution in [1.29, 1.82) is 0 Å². The molecule has 0 saturated carbocycles. The van der Waals surface area contributed by atoms with E-state index in [1.165, 1.54) is 5.56 Å². The van der Waals surface area contributed by atoms with Crippen LogP contribution in [0.2, 0.25) is 0 Å². The molecule has 2 aromatic heterocycles. The predicted molar refractivity (Wildman–Crippen MR) is 144 cm³/mol. The Morgan fingerprint density at radius 2 is 1.70 bits per heavy atom. The lowest BCUT2D eigenvalue weighted by Crippen LogP contribution is -2.22. The average molecular weight is 499 g/mol. The van der Waals surface area contributed by atoms with Gasteiger partial charge in [0.2, 0.25) is 11.8 Å². The Morgan fingerprint density at radius 1 is 0.946 bits per heavy atom. The lowest BCUT2D eigenvalue weighted by atomic mass is 9.91. The lowest BCUT2D eigenvalue weighted by Gasteiger charge is -2.16. The van der Waals surface area contributed by atoms with Gasteiger partial charge in [0.25, 0.3) is 0 Å². The van der Waals surface area contributed by atoms with Crippen LogP contribution in [0, 0.1) is 25.7 Å². The van der Waals surface area contributed by atoms with Gasteiger partial charge in [-0.05, 0) is 80.1 Å². The third kappa shape index (κ3) is 5.93. The summed E-state index contributed by atoms with van der Waals surface area (Å²) in [7, 11) is 1.65. The standard InChI is InChI=1S/C30H34N4O3/c1-20-18-34(30-31-15-13-21(2)32-30)19-25(20)17-23-5-9-27(10-6-23)36-16-14-28-22(3)37-29(33-28)24-7-11-26(35-4)12-8-24/h5-13,15,20,25H,14,16-19H2,1-4H3/t20?,25-/m1/s1. The second-order valence-electron chi connectivity index (χ2n) is 9.84. The molecule has 3 heterocycles. The summed E-state index contributed by atoms with van der Waals surface area (Å²) in [5.74, 6) is 5.13. The highest BCUT2D eigenvalue weighted by Crippen LogP contribution is 2.29. The van der Waals surface area contributed by atoms with E-state index in [4.69, 9.17) is 13.9 Å². The van der Waals surface area contributed by atoms with Gasteiger partial charge in [-0.25, -0.2) is 15.0 Å². The third-order valence-electron chi connectivity index (χ3n) is 7.09. The van der Waals surface area contributed by atoms with Gasteiger partial charge in [-0.3, -0.25) is 0 Å². The summed E-state index contributed by atoms with van der Waals surface area (Å²) in [4.78, 5) is 16.1. The highest BCUT2D eigenvalue weighted by molar-refractivity contribution is 5.55. The van der Waals surface area contributed by atoms with Gasteiger partial charge in [0.05, 0.1) is 19.4 Å². The van der Waals surface area contributed by atoms with Crippen LogP contribution in [-0.4, -0.2) is 41.8 Å². The van der Waals surface area contributed by atoms with Gasteiger partial charge in [-0.2, -0.15) is 0 Å². The van der Waals surface area contributed by atoms with Crippen LogP contribution in [-0.2, 0) is 12.8 Å². The van der Waals surface area contributed by atoms with Crippen LogP contribution in [0.25, 0.3) is 11.5 Å². The van der Waals surface area contributed by atoms with Crippen molar-refractivity contribution in [3.63, 3.8) is 0 Å². The number of anilines is 1. The molecule has 7 nitrogen and oxygen atoms in total. The maximum absolute atomic E-state index is 6.02. The molecule has 0 aliphatic carbocycles. The molecule has 4 aromatic rings. The highest BCUT2D eigenvalue weighted by atomic mass is 16.5. The smallest absolute Gasteiger partial charge is 0.226 e. The minimum Gasteiger partial charge on any atom is -0.497 e. The summed E-state index contributed by atoms with van der Waals surface area (Å²) in [5.41, 5.74) is 4.18. The summed E-state index contributed by atoms with van der Waals surface area (Å²) in [6, 6.07) is 18.1. The van der Waals surface area contributed by atoms with E-state index in [1.54, 1.807) is 7.11 Å². The van der Waals surface area contributed by atoms with Crippen molar-refractivity contribution in [2.24, 2.45) is 11.8 Å². The third-order valence-corrected chi connectivity index (χ3v) is 7.09. The number of benzene rings is 2. The van der Waals surface area contributed by atoms with Gasteiger partial charge in [0.1, 0.15) is 17.3 Å². The number of rotatable bonds is 9. The van der Waals surface area contributed by atoms with Crippen molar-refractivity contribution < 1.29 is 13.9 Å². The Morgan fingerprint density at radius 3 is 2.43 bits per heavy atom. The fraction of sp³-hybridized carbons (Fsp3) is 0.367. The first-order valence-electron chi connectivity index (χ1n) is 12.9. The second kappa shape index (κ2) is 11.0. The molecule has 1 unspecified atom stereocenters. The summed E-state index contributed by atoms with van der Waals surface area (Å²) in [6.45, 7) is 8.80. The molecule has 1 aliphatic rings. The van der Waals surface area contributed by atoms with E-state index >= 15 is 0 Å². The Hall–Kier alpha value is -3.87. The Kier molecular flexibility index (Phi) is 7.40. The summed E-state index contributed by atoms with van der Waals surface area (Å²) < 4.78 is 17.1. The zero-order valence-electron chi connectivity index (χ0n) is 22.0. The molecule has 0 N–H and O–H groups in total. The molecule has 0 spiro atoms. The second-order valence-corrected chi connectivity index (χ2v) is 9.84. The fourth-order valence-electron chi connectivity index (χ4n) is 4.86. The molecular weight excluding hydrogens is 464 g/mol. The van der Waals surface area contributed by atoms with Crippen molar-refractivity contribution in [2.45, 2.75) is 33.6 Å². The first kappa shape index (κ1) is 24.8. The molecule has 0 bridgehead atoms. The van der Waals surface area contributed by atoms with Gasteiger partial charge >= 0.3 is 0 Å². The van der Waals surface area contributed by atoms with Crippen molar-refractivity contribution in [3.8, 4) is 23.0 Å². The fourth-order valence-corrected chi connectivity index (χ4v) is 4.86. The predicted octanol–water partition coefficient (Wildman–Crippen LogP) is 5.69. The molecule has 0 radical (unpaired) electrons. The SMILES string of the molecule is COc1ccc(-c2nc(CCOc3ccc(C[C@@H]4CN(c5nccc(C)n5)CC4C)cc3)c(C)o2)cc1. The number of hydrogen-bond acceptors (Lipinski definition) is 7. The molecule has 37 heavy (non-hydrogen) atoms. The van der Waals surface area contributed by atoms with Crippen LogP contribution >= 0.6 is 0 Å². The quantitative estimate of drug-likeness (QED) is 0.293. The van der Waals surface area contributed by atoms with E-state index in [0.717, 1.165) is 59.7 Å². The van der Waals surface area contributed by atoms with Crippen LogP contribution < -0.4 is 14.4 Å². The largest absolute Gasteiger partial charge is 0.497 e. The Labute approximate surface area is 218 Å². The molecule has 192 valence electrons. The number of nitrogens with zero attached hydrogens (tertiary/aromatic N) is 4. The normalized spacial score (nSPS) is 17.2. The maximum atomic E-state index is 6.02. The van der Waals surface area contributed by atoms with Crippen LogP contribution in [0.3, 0.4) is 0 Å². The van der Waals surface area contributed by atoms with Crippen molar-refractivity contribution in [2.75, 3.05) is 31.7 Å². The lowest BCUT2D eigenvalue weighted by molar-refractivity contribution is 0.319. The Bertz CT molecular complexity index is 1320. The highest BCUT2D eigenvalue weighted by Gasteiger charge is 2.31. The van der Waals surface area contributed by atoms with Crippen molar-refractivity contribution >= 4 is 5.95 Å². The molecule has 7 heteroatoms. The van der Waals surface area contributed by atoms with Gasteiger partial charge in [0, 0.05) is 37.0 Å². The van der Waals surface area contributed by atoms with E-state index in [-0.39, 0.29) is 0 Å². The summed E-state index contributed by atoms with van der Waals surface area (Å²) in [5, 5.41) is 0. The zero-order valence-corrected chi connectivity index (χ0v) is 22.0. The Balaban J connectivity index is 1.12. The van der Waals surface area contributed by atoms with Gasteiger partial charge < -0.3 is 18.8 Å². The number of methoxy groups -OCH3 is 1. The van der Waals surface area contributed by atoms with Gasteiger partial charge in [0.15, 0.2) is 0 Å². The number of oxazole rings is 1. The van der Waals surface area contributed by atoms with Crippen LogP contribution in [0.1, 0.15) is 29.6 Å².